The monoisotopic (exact) mass is 506 g/mol. The first-order valence-corrected chi connectivity index (χ1v) is 12.8. The number of aromatic nitrogens is 2. The topological polar surface area (TPSA) is 85.2 Å². The molecule has 1 aliphatic heterocycles. The number of nitrogens with zero attached hydrogens (tertiary/aromatic N) is 2. The quantitative estimate of drug-likeness (QED) is 0.316. The summed E-state index contributed by atoms with van der Waals surface area (Å²) >= 11 is 0. The van der Waals surface area contributed by atoms with Crippen molar-refractivity contribution in [1.29, 1.82) is 0 Å². The zero-order valence-corrected chi connectivity index (χ0v) is 21.5. The molecule has 0 radical (unpaired) electrons. The Morgan fingerprint density at radius 1 is 0.974 bits per heavy atom. The first kappa shape index (κ1) is 25.0. The van der Waals surface area contributed by atoms with Crippen LogP contribution in [0.3, 0.4) is 0 Å². The lowest BCUT2D eigenvalue weighted by molar-refractivity contribution is -0.138. The third-order valence-electron chi connectivity index (χ3n) is 6.61. The van der Waals surface area contributed by atoms with Crippen molar-refractivity contribution in [2.45, 2.75) is 26.2 Å². The van der Waals surface area contributed by atoms with Crippen LogP contribution in [0.1, 0.15) is 36.5 Å². The standard InChI is InChI=1S/C31H30N4O3/c1-3-38-30(36)25-21(2)33-29-27(26(25)23-15-9-5-10-16-23)28(32-20-19-22-13-7-4-8-14-22)34-31(37)35(29)24-17-11-6-12-18-24/h4-18,26,33H,3,19-20H2,1-2H3,(H,32,34,37). The second kappa shape index (κ2) is 11.2. The molecule has 0 spiro atoms. The zero-order chi connectivity index (χ0) is 26.5. The van der Waals surface area contributed by atoms with Crippen molar-refractivity contribution in [1.82, 2.24) is 9.55 Å². The van der Waals surface area contributed by atoms with E-state index >= 15 is 0 Å². The molecular weight excluding hydrogens is 476 g/mol. The normalized spacial score (nSPS) is 14.4. The molecule has 0 saturated carbocycles. The molecule has 0 amide bonds. The summed E-state index contributed by atoms with van der Waals surface area (Å²) in [5.41, 5.74) is 4.21. The molecule has 2 heterocycles. The van der Waals surface area contributed by atoms with Crippen molar-refractivity contribution in [2.24, 2.45) is 0 Å². The Morgan fingerprint density at radius 2 is 1.61 bits per heavy atom. The van der Waals surface area contributed by atoms with Gasteiger partial charge in [0, 0.05) is 17.8 Å². The van der Waals surface area contributed by atoms with Crippen LogP contribution in [-0.2, 0) is 16.0 Å². The molecule has 5 rings (SSSR count). The average Bonchev–Trinajstić information content (AvgIpc) is 2.94. The van der Waals surface area contributed by atoms with E-state index in [1.807, 2.05) is 85.8 Å². The molecule has 1 unspecified atom stereocenters. The van der Waals surface area contributed by atoms with Gasteiger partial charge in [-0.05, 0) is 43.5 Å². The minimum Gasteiger partial charge on any atom is -0.463 e. The number of carbonyl (C=O) groups is 1. The molecule has 0 fully saturated rings. The fourth-order valence-electron chi connectivity index (χ4n) is 4.92. The van der Waals surface area contributed by atoms with Crippen LogP contribution in [0.25, 0.3) is 5.69 Å². The Labute approximate surface area is 221 Å². The number of carbonyl (C=O) groups excluding carboxylic acids is 1. The maximum absolute atomic E-state index is 13.5. The van der Waals surface area contributed by atoms with Gasteiger partial charge in [0.2, 0.25) is 0 Å². The highest BCUT2D eigenvalue weighted by molar-refractivity contribution is 5.95. The van der Waals surface area contributed by atoms with Crippen LogP contribution in [0.2, 0.25) is 0 Å². The van der Waals surface area contributed by atoms with Gasteiger partial charge in [0.15, 0.2) is 0 Å². The molecule has 7 heteroatoms. The predicted octanol–water partition coefficient (Wildman–Crippen LogP) is 5.28. The summed E-state index contributed by atoms with van der Waals surface area (Å²) in [5.74, 6) is 0.139. The lowest BCUT2D eigenvalue weighted by atomic mass is 9.81. The molecule has 1 aromatic heterocycles. The van der Waals surface area contributed by atoms with Crippen LogP contribution in [-0.4, -0.2) is 28.7 Å². The van der Waals surface area contributed by atoms with E-state index in [0.717, 1.165) is 17.5 Å². The molecule has 38 heavy (non-hydrogen) atoms. The maximum atomic E-state index is 13.5. The van der Waals surface area contributed by atoms with Gasteiger partial charge in [-0.25, -0.2) is 14.2 Å². The molecule has 0 saturated heterocycles. The van der Waals surface area contributed by atoms with E-state index in [1.54, 1.807) is 11.5 Å². The van der Waals surface area contributed by atoms with E-state index in [9.17, 15) is 9.59 Å². The van der Waals surface area contributed by atoms with Crippen molar-refractivity contribution in [3.8, 4) is 5.69 Å². The van der Waals surface area contributed by atoms with E-state index in [-0.39, 0.29) is 6.61 Å². The first-order valence-electron chi connectivity index (χ1n) is 12.8. The molecule has 1 atom stereocenters. The number of rotatable bonds is 8. The Balaban J connectivity index is 1.70. The number of nitrogens with one attached hydrogen (secondary N) is 2. The summed E-state index contributed by atoms with van der Waals surface area (Å²) < 4.78 is 7.06. The van der Waals surface area contributed by atoms with Crippen LogP contribution >= 0.6 is 0 Å². The number of hydrogen-bond acceptors (Lipinski definition) is 6. The lowest BCUT2D eigenvalue weighted by Gasteiger charge is -2.33. The van der Waals surface area contributed by atoms with E-state index < -0.39 is 17.6 Å². The van der Waals surface area contributed by atoms with Gasteiger partial charge in [-0.15, -0.1) is 0 Å². The number of hydrogen-bond donors (Lipinski definition) is 2. The van der Waals surface area contributed by atoms with Crippen LogP contribution in [0.15, 0.2) is 107 Å². The number of benzene rings is 3. The predicted molar refractivity (Wildman–Crippen MR) is 150 cm³/mol. The van der Waals surface area contributed by atoms with Crippen molar-refractivity contribution in [3.05, 3.63) is 129 Å². The van der Waals surface area contributed by atoms with E-state index in [4.69, 9.17) is 4.74 Å². The van der Waals surface area contributed by atoms with Crippen molar-refractivity contribution < 1.29 is 9.53 Å². The molecule has 0 bridgehead atoms. The number of para-hydroxylation sites is 1. The Bertz CT molecular complexity index is 1510. The highest BCUT2D eigenvalue weighted by Crippen LogP contribution is 2.45. The lowest BCUT2D eigenvalue weighted by Crippen LogP contribution is -2.33. The van der Waals surface area contributed by atoms with Gasteiger partial charge < -0.3 is 15.4 Å². The van der Waals surface area contributed by atoms with Crippen molar-refractivity contribution in [3.63, 3.8) is 0 Å². The smallest absolute Gasteiger partial charge is 0.355 e. The molecule has 2 N–H and O–H groups in total. The van der Waals surface area contributed by atoms with Crippen molar-refractivity contribution in [2.75, 3.05) is 23.8 Å². The molecule has 192 valence electrons. The molecule has 1 aliphatic rings. The number of esters is 1. The van der Waals surface area contributed by atoms with Crippen LogP contribution in [0, 0.1) is 0 Å². The van der Waals surface area contributed by atoms with E-state index in [1.165, 1.54) is 5.56 Å². The Hall–Kier alpha value is -4.65. The summed E-state index contributed by atoms with van der Waals surface area (Å²) in [5, 5.41) is 6.77. The van der Waals surface area contributed by atoms with Gasteiger partial charge in [0.25, 0.3) is 0 Å². The summed E-state index contributed by atoms with van der Waals surface area (Å²) in [6.07, 6.45) is 0.752. The van der Waals surface area contributed by atoms with Gasteiger partial charge in [0.05, 0.1) is 23.8 Å². The number of ether oxygens (including phenoxy) is 1. The Kier molecular flexibility index (Phi) is 7.35. The molecule has 0 aliphatic carbocycles. The number of anilines is 2. The van der Waals surface area contributed by atoms with Crippen molar-refractivity contribution >= 4 is 17.6 Å². The van der Waals surface area contributed by atoms with E-state index in [2.05, 4.69) is 27.8 Å². The second-order valence-corrected chi connectivity index (χ2v) is 9.07. The fourth-order valence-corrected chi connectivity index (χ4v) is 4.92. The fraction of sp³-hybridized carbons (Fsp3) is 0.194. The van der Waals surface area contributed by atoms with Gasteiger partial charge in [0.1, 0.15) is 11.6 Å². The zero-order valence-electron chi connectivity index (χ0n) is 21.5. The summed E-state index contributed by atoms with van der Waals surface area (Å²) in [7, 11) is 0. The van der Waals surface area contributed by atoms with Gasteiger partial charge >= 0.3 is 11.7 Å². The van der Waals surface area contributed by atoms with Crippen LogP contribution in [0.4, 0.5) is 11.6 Å². The molecule has 7 nitrogen and oxygen atoms in total. The Morgan fingerprint density at radius 3 is 2.26 bits per heavy atom. The first-order chi connectivity index (χ1) is 18.6. The van der Waals surface area contributed by atoms with Gasteiger partial charge in [-0.1, -0.05) is 78.9 Å². The third kappa shape index (κ3) is 4.95. The highest BCUT2D eigenvalue weighted by Gasteiger charge is 2.37. The maximum Gasteiger partial charge on any atom is 0.355 e. The number of fused-ring (bicyclic) bond motifs is 1. The highest BCUT2D eigenvalue weighted by atomic mass is 16.5. The molecule has 4 aromatic rings. The summed E-state index contributed by atoms with van der Waals surface area (Å²) in [4.78, 5) is 31.3. The summed E-state index contributed by atoms with van der Waals surface area (Å²) in [6.45, 7) is 4.46. The minimum absolute atomic E-state index is 0.258. The number of allylic oxidation sites excluding steroid dienone is 1. The van der Waals surface area contributed by atoms with E-state index in [0.29, 0.717) is 35.1 Å². The SMILES string of the molecule is CCOC(=O)C1=C(C)Nc2c(c(NCCc3ccccc3)nc(=O)n2-c2ccccc2)C1c1ccccc1. The largest absolute Gasteiger partial charge is 0.463 e. The van der Waals surface area contributed by atoms with Crippen LogP contribution in [0.5, 0.6) is 0 Å². The summed E-state index contributed by atoms with van der Waals surface area (Å²) in [6, 6.07) is 29.3. The van der Waals surface area contributed by atoms with Crippen LogP contribution < -0.4 is 16.3 Å². The molecular formula is C31H30N4O3. The van der Waals surface area contributed by atoms with Gasteiger partial charge in [-0.2, -0.15) is 4.98 Å². The second-order valence-electron chi connectivity index (χ2n) is 9.07. The average molecular weight is 507 g/mol. The van der Waals surface area contributed by atoms with Gasteiger partial charge in [-0.3, -0.25) is 0 Å². The third-order valence-corrected chi connectivity index (χ3v) is 6.61. The minimum atomic E-state index is -0.492. The molecule has 3 aromatic carbocycles.